The van der Waals surface area contributed by atoms with Crippen LogP contribution in [0.4, 0.5) is 15.4 Å². The van der Waals surface area contributed by atoms with Crippen LogP contribution in [0.1, 0.15) is 60.6 Å². The Hall–Kier alpha value is -8.43. The highest BCUT2D eigenvalue weighted by Crippen LogP contribution is 2.37. The number of carbonyl (C=O) groups is 3. The number of ether oxygens (including phenoxy) is 2. The molecule has 79 heavy (non-hydrogen) atoms. The summed E-state index contributed by atoms with van der Waals surface area (Å²) in [4.78, 5) is 60.3. The van der Waals surface area contributed by atoms with Crippen LogP contribution in [0, 0.1) is 31.6 Å². The number of imidazole rings is 1. The number of aromatic nitrogens is 7. The number of fused-ring (bicyclic) bond motifs is 4. The highest BCUT2D eigenvalue weighted by molar-refractivity contribution is 7.90. The van der Waals surface area contributed by atoms with Crippen LogP contribution in [0.3, 0.4) is 0 Å². The van der Waals surface area contributed by atoms with Crippen molar-refractivity contribution in [2.45, 2.75) is 69.5 Å². The molecule has 2 amide bonds. The van der Waals surface area contributed by atoms with Gasteiger partial charge < -0.3 is 24.6 Å². The molecular weight excluding hydrogens is 1040 g/mol. The van der Waals surface area contributed by atoms with Gasteiger partial charge in [0.25, 0.3) is 20.0 Å². The standard InChI is InChI=1S/C29H31N5O5S.C29H29N5O4S/c1-3-22-17-33(29(36)39-19-21-7-5-4-6-8-21)18-24(22)26(35)15-30-27-16-31-28-25(32-27)13-14-34(28)40(37,38)23-11-9-20(2)10-12-23;1-3-22-17-32(29(35)38-19-21-7-5-4-6-8-21)18-24(22)26-15-30-27-16-31-28-25(34(26)27)13-14-33(28)39(36,37)23-11-9-20(2)10-12-23/h4-14,16,22,24H,3,15,17-19H2,1-2H3,(H,30,32);4-16,22,24H,3,17-19H2,1-2H3/t22-,24+;22-,24?/m11/s1. The lowest BCUT2D eigenvalue weighted by molar-refractivity contribution is -0.121. The number of likely N-dealkylation sites (tertiary alicyclic amines) is 2. The van der Waals surface area contributed by atoms with Crippen molar-refractivity contribution < 1.29 is 40.7 Å². The second kappa shape index (κ2) is 22.9. The van der Waals surface area contributed by atoms with Crippen LogP contribution in [0.15, 0.2) is 162 Å². The Morgan fingerprint density at radius 3 is 1.71 bits per heavy atom. The topological polar surface area (TPSA) is 222 Å². The fourth-order valence-electron chi connectivity index (χ4n) is 10.3. The number of amides is 2. The Labute approximate surface area is 458 Å². The van der Waals surface area contributed by atoms with E-state index in [4.69, 9.17) is 9.47 Å². The van der Waals surface area contributed by atoms with Gasteiger partial charge in [0.15, 0.2) is 22.7 Å². The third-order valence-electron chi connectivity index (χ3n) is 14.8. The smallest absolute Gasteiger partial charge is 0.410 e. The number of hydrogen-bond donors (Lipinski definition) is 1. The number of rotatable bonds is 15. The average molecular weight is 1110 g/mol. The van der Waals surface area contributed by atoms with E-state index in [1.54, 1.807) is 76.7 Å². The molecule has 0 radical (unpaired) electrons. The maximum atomic E-state index is 13.5. The third kappa shape index (κ3) is 11.3. The van der Waals surface area contributed by atoms with Gasteiger partial charge in [0.2, 0.25) is 0 Å². The monoisotopic (exact) mass is 1100 g/mol. The number of benzene rings is 4. The molecule has 21 heteroatoms. The summed E-state index contributed by atoms with van der Waals surface area (Å²) >= 11 is 0. The van der Waals surface area contributed by atoms with Crippen molar-refractivity contribution in [2.24, 2.45) is 17.8 Å². The first-order chi connectivity index (χ1) is 38.1. The lowest BCUT2D eigenvalue weighted by Crippen LogP contribution is -2.32. The molecule has 1 unspecified atom stereocenters. The molecule has 0 saturated carbocycles. The van der Waals surface area contributed by atoms with E-state index in [1.165, 1.54) is 22.6 Å². The zero-order chi connectivity index (χ0) is 55.4. The van der Waals surface area contributed by atoms with Crippen molar-refractivity contribution in [2.75, 3.05) is 38.0 Å². The van der Waals surface area contributed by atoms with Crippen LogP contribution < -0.4 is 5.32 Å². The number of hydrogen-bond acceptors (Lipinski definition) is 14. The summed E-state index contributed by atoms with van der Waals surface area (Å²) in [5.74, 6) is 0.253. The first kappa shape index (κ1) is 53.9. The van der Waals surface area contributed by atoms with E-state index < -0.39 is 26.1 Å². The second-order valence-corrected chi connectivity index (χ2v) is 23.6. The van der Waals surface area contributed by atoms with Crippen molar-refractivity contribution in [1.82, 2.24) is 42.1 Å². The summed E-state index contributed by atoms with van der Waals surface area (Å²) in [5, 5.41) is 3.02. The van der Waals surface area contributed by atoms with Crippen molar-refractivity contribution in [3.63, 3.8) is 0 Å². The number of carbonyl (C=O) groups excluding carboxylic acids is 3. The van der Waals surface area contributed by atoms with E-state index in [-0.39, 0.29) is 70.7 Å². The minimum absolute atomic E-state index is 0.0105. The largest absolute Gasteiger partial charge is 0.445 e. The molecule has 5 aromatic heterocycles. The van der Waals surface area contributed by atoms with Crippen LogP contribution in [0.5, 0.6) is 0 Å². The lowest BCUT2D eigenvalue weighted by atomic mass is 9.90. The van der Waals surface area contributed by atoms with Crippen molar-refractivity contribution in [3.05, 3.63) is 180 Å². The van der Waals surface area contributed by atoms with Gasteiger partial charge in [0, 0.05) is 62.3 Å². The molecule has 0 aliphatic carbocycles. The molecule has 9 aromatic rings. The quantitative estimate of drug-likeness (QED) is 0.101. The zero-order valence-electron chi connectivity index (χ0n) is 44.1. The van der Waals surface area contributed by atoms with Crippen molar-refractivity contribution in [3.8, 4) is 0 Å². The Morgan fingerprint density at radius 2 is 1.13 bits per heavy atom. The summed E-state index contributed by atoms with van der Waals surface area (Å²) in [6.07, 6.45) is 8.65. The van der Waals surface area contributed by atoms with E-state index in [2.05, 4.69) is 32.2 Å². The van der Waals surface area contributed by atoms with Crippen LogP contribution in [-0.4, -0.2) is 110 Å². The molecule has 4 aromatic carbocycles. The zero-order valence-corrected chi connectivity index (χ0v) is 45.8. The fourth-order valence-corrected chi connectivity index (χ4v) is 12.9. The molecule has 1 N–H and O–H groups in total. The Kier molecular flexibility index (Phi) is 15.6. The molecule has 0 bridgehead atoms. The Morgan fingerprint density at radius 1 is 0.595 bits per heavy atom. The molecule has 2 aliphatic rings. The highest BCUT2D eigenvalue weighted by atomic mass is 32.2. The van der Waals surface area contributed by atoms with E-state index in [0.29, 0.717) is 54.3 Å². The van der Waals surface area contributed by atoms with Crippen LogP contribution in [0.2, 0.25) is 0 Å². The molecule has 408 valence electrons. The molecule has 19 nitrogen and oxygen atoms in total. The van der Waals surface area contributed by atoms with Crippen LogP contribution in [-0.2, 0) is 47.5 Å². The Balaban J connectivity index is 0.000000178. The van der Waals surface area contributed by atoms with Gasteiger partial charge in [-0.2, -0.15) is 0 Å². The minimum Gasteiger partial charge on any atom is -0.445 e. The summed E-state index contributed by atoms with van der Waals surface area (Å²) in [7, 11) is -7.67. The molecule has 2 saturated heterocycles. The second-order valence-electron chi connectivity index (χ2n) is 19.9. The van der Waals surface area contributed by atoms with E-state index in [1.807, 2.05) is 92.0 Å². The number of aryl methyl sites for hydroxylation is 2. The molecular formula is C58H60N10O9S2. The number of nitrogens with zero attached hydrogens (tertiary/aromatic N) is 9. The predicted molar refractivity (Wildman–Crippen MR) is 297 cm³/mol. The maximum absolute atomic E-state index is 13.5. The third-order valence-corrected chi connectivity index (χ3v) is 18.1. The molecule has 2 aliphatic heterocycles. The fraction of sp³-hybridized carbons (Fsp3) is 0.293. The van der Waals surface area contributed by atoms with Gasteiger partial charge in [-0.25, -0.2) is 54.3 Å². The summed E-state index contributed by atoms with van der Waals surface area (Å²) in [6.45, 7) is 10.2. The van der Waals surface area contributed by atoms with Gasteiger partial charge in [-0.3, -0.25) is 9.20 Å². The van der Waals surface area contributed by atoms with Gasteiger partial charge in [-0.05, 0) is 73.2 Å². The summed E-state index contributed by atoms with van der Waals surface area (Å²) in [5.41, 5.74) is 6.89. The van der Waals surface area contributed by atoms with Gasteiger partial charge in [-0.15, -0.1) is 0 Å². The highest BCUT2D eigenvalue weighted by Gasteiger charge is 2.40. The number of ketones is 1. The van der Waals surface area contributed by atoms with Gasteiger partial charge in [0.05, 0.1) is 34.2 Å². The van der Waals surface area contributed by atoms with E-state index in [0.717, 1.165) is 44.8 Å². The van der Waals surface area contributed by atoms with Crippen LogP contribution in [0.25, 0.3) is 28.0 Å². The maximum Gasteiger partial charge on any atom is 0.410 e. The number of Topliss-reactive ketones (excluding diaryl/α,β-unsaturated/α-hetero) is 1. The summed E-state index contributed by atoms with van der Waals surface area (Å²) < 4.78 is 68.5. The van der Waals surface area contributed by atoms with E-state index >= 15 is 0 Å². The first-order valence-electron chi connectivity index (χ1n) is 26.1. The molecule has 2 fully saturated rings. The predicted octanol–water partition coefficient (Wildman–Crippen LogP) is 9.24. The number of nitrogens with one attached hydrogen (secondary N) is 1. The Bertz CT molecular complexity index is 3890. The lowest BCUT2D eigenvalue weighted by Gasteiger charge is -2.17. The number of anilines is 1. The molecule has 4 atom stereocenters. The SMILES string of the molecule is CC[C@@H]1CN(C(=O)OCc2ccccc2)CC1c1cnc2cnc3c(ccn3S(=O)(=O)c3ccc(C)cc3)n12.CC[C@@H]1CN(C(=O)OCc2ccccc2)C[C@@H]1C(=O)CNc1cnc2c(ccn2S(=O)(=O)c2ccc(C)cc2)n1. The molecule has 0 spiro atoms. The average Bonchev–Trinajstić information content (AvgIpc) is 4.46. The molecule has 7 heterocycles. The van der Waals surface area contributed by atoms with Crippen molar-refractivity contribution in [1.29, 1.82) is 0 Å². The van der Waals surface area contributed by atoms with Gasteiger partial charge >= 0.3 is 12.2 Å². The minimum atomic E-state index is -3.84. The van der Waals surface area contributed by atoms with Gasteiger partial charge in [-0.1, -0.05) is 123 Å². The molecule has 11 rings (SSSR count). The van der Waals surface area contributed by atoms with Gasteiger partial charge in [0.1, 0.15) is 24.5 Å². The van der Waals surface area contributed by atoms with Crippen LogP contribution >= 0.6 is 0 Å². The van der Waals surface area contributed by atoms with E-state index in [9.17, 15) is 31.2 Å². The first-order valence-corrected chi connectivity index (χ1v) is 29.0. The summed E-state index contributed by atoms with van der Waals surface area (Å²) in [6, 6.07) is 35.8. The normalized spacial score (nSPS) is 17.5. The van der Waals surface area contributed by atoms with Crippen molar-refractivity contribution >= 4 is 71.8 Å².